The first kappa shape index (κ1) is 22.1. The third-order valence-corrected chi connectivity index (χ3v) is 4.65. The molecule has 0 aromatic rings. The fourth-order valence-corrected chi connectivity index (χ4v) is 3.72. The summed E-state index contributed by atoms with van der Waals surface area (Å²) in [5, 5.41) is 0. The van der Waals surface area contributed by atoms with Crippen LogP contribution in [0.5, 0.6) is 0 Å². The molecule has 0 bridgehead atoms. The lowest BCUT2D eigenvalue weighted by Crippen LogP contribution is -2.36. The minimum absolute atomic E-state index is 0.251. The van der Waals surface area contributed by atoms with Gasteiger partial charge in [0.05, 0.1) is 0 Å². The Bertz CT molecular complexity index is 567. The molecular formula is C20H36O6Si. The van der Waals surface area contributed by atoms with Crippen molar-refractivity contribution in [2.75, 3.05) is 0 Å². The van der Waals surface area contributed by atoms with E-state index in [1.54, 1.807) is 0 Å². The minimum atomic E-state index is -2.02. The fraction of sp³-hybridized carbons (Fsp3) is 0.850. The van der Waals surface area contributed by atoms with E-state index in [0.717, 1.165) is 25.7 Å². The zero-order valence-electron chi connectivity index (χ0n) is 18.4. The normalized spacial score (nSPS) is 24.6. The summed E-state index contributed by atoms with van der Waals surface area (Å²) in [5.74, 6) is -0.702. The molecule has 2 aliphatic rings. The van der Waals surface area contributed by atoms with Crippen molar-refractivity contribution in [2.24, 2.45) is 0 Å². The maximum Gasteiger partial charge on any atom is 0.344 e. The van der Waals surface area contributed by atoms with E-state index in [9.17, 15) is 4.79 Å². The molecule has 1 aliphatic carbocycles. The molecule has 1 saturated carbocycles. The minimum Gasteiger partial charge on any atom is -0.517 e. The standard InChI is InChI=1S/C20H36O6Si/c1-18(2,3)24-16(21)14-15(23-20(22-14)12-10-11-13-20)17(25-19(4,5)6)26-27(7,8)9/h14H,10-13H2,1-9H3/b17-15-/t14-/m0/s1. The van der Waals surface area contributed by atoms with Gasteiger partial charge < -0.3 is 23.4 Å². The van der Waals surface area contributed by atoms with Crippen LogP contribution >= 0.6 is 0 Å². The molecule has 0 amide bonds. The molecule has 0 unspecified atom stereocenters. The summed E-state index contributed by atoms with van der Waals surface area (Å²) < 4.78 is 30.3. The Hall–Kier alpha value is -1.21. The van der Waals surface area contributed by atoms with E-state index in [0.29, 0.717) is 5.76 Å². The van der Waals surface area contributed by atoms with Crippen LogP contribution in [0.2, 0.25) is 19.6 Å². The second-order valence-electron chi connectivity index (χ2n) is 10.3. The van der Waals surface area contributed by atoms with Crippen LogP contribution in [-0.4, -0.2) is 37.4 Å². The Morgan fingerprint density at radius 2 is 1.52 bits per heavy atom. The number of hydrogen-bond acceptors (Lipinski definition) is 6. The molecule has 0 radical (unpaired) electrons. The lowest BCUT2D eigenvalue weighted by molar-refractivity contribution is -0.186. The van der Waals surface area contributed by atoms with E-state index in [1.165, 1.54) is 0 Å². The molecule has 1 heterocycles. The van der Waals surface area contributed by atoms with Gasteiger partial charge in [0.1, 0.15) is 11.2 Å². The van der Waals surface area contributed by atoms with Crippen LogP contribution in [0.15, 0.2) is 11.7 Å². The number of esters is 1. The Morgan fingerprint density at radius 1 is 1.00 bits per heavy atom. The summed E-state index contributed by atoms with van der Waals surface area (Å²) in [6.45, 7) is 17.5. The third-order valence-electron chi connectivity index (χ3n) is 3.85. The summed E-state index contributed by atoms with van der Waals surface area (Å²) in [4.78, 5) is 12.9. The average molecular weight is 401 g/mol. The van der Waals surface area contributed by atoms with Gasteiger partial charge in [0, 0.05) is 12.8 Å². The van der Waals surface area contributed by atoms with Gasteiger partial charge in [-0.05, 0) is 74.0 Å². The van der Waals surface area contributed by atoms with E-state index >= 15 is 0 Å². The molecule has 1 saturated heterocycles. The van der Waals surface area contributed by atoms with E-state index in [-0.39, 0.29) is 5.95 Å². The van der Waals surface area contributed by atoms with Crippen LogP contribution in [-0.2, 0) is 28.2 Å². The predicted molar refractivity (Wildman–Crippen MR) is 105 cm³/mol. The number of hydrogen-bond donors (Lipinski definition) is 0. The highest BCUT2D eigenvalue weighted by atomic mass is 28.4. The number of rotatable bonds is 4. The van der Waals surface area contributed by atoms with Crippen LogP contribution in [0.25, 0.3) is 0 Å². The van der Waals surface area contributed by atoms with Crippen molar-refractivity contribution >= 4 is 14.3 Å². The summed E-state index contributed by atoms with van der Waals surface area (Å²) >= 11 is 0. The Labute approximate surface area is 164 Å². The van der Waals surface area contributed by atoms with Gasteiger partial charge in [-0.15, -0.1) is 0 Å². The van der Waals surface area contributed by atoms with Crippen LogP contribution in [0.4, 0.5) is 0 Å². The highest BCUT2D eigenvalue weighted by Gasteiger charge is 2.53. The first-order valence-corrected chi connectivity index (χ1v) is 13.2. The molecule has 0 aromatic heterocycles. The topological polar surface area (TPSA) is 63.2 Å². The zero-order valence-corrected chi connectivity index (χ0v) is 19.4. The Kier molecular flexibility index (Phi) is 5.98. The Morgan fingerprint density at radius 3 is 1.96 bits per heavy atom. The average Bonchev–Trinajstić information content (AvgIpc) is 3.01. The molecule has 156 valence electrons. The van der Waals surface area contributed by atoms with E-state index in [2.05, 4.69) is 19.6 Å². The molecule has 0 N–H and O–H groups in total. The van der Waals surface area contributed by atoms with Crippen LogP contribution in [0.1, 0.15) is 67.2 Å². The van der Waals surface area contributed by atoms with Gasteiger partial charge in [-0.3, -0.25) is 0 Å². The number of ether oxygens (including phenoxy) is 4. The first-order chi connectivity index (χ1) is 12.1. The molecule has 1 spiro atoms. The van der Waals surface area contributed by atoms with Crippen molar-refractivity contribution < 1.29 is 28.2 Å². The molecule has 2 rings (SSSR count). The van der Waals surface area contributed by atoms with Crippen molar-refractivity contribution in [3.63, 3.8) is 0 Å². The molecule has 6 nitrogen and oxygen atoms in total. The second-order valence-corrected chi connectivity index (χ2v) is 14.8. The van der Waals surface area contributed by atoms with Gasteiger partial charge in [-0.1, -0.05) is 0 Å². The van der Waals surface area contributed by atoms with Crippen LogP contribution in [0, 0.1) is 0 Å². The van der Waals surface area contributed by atoms with Gasteiger partial charge in [0.2, 0.25) is 26.0 Å². The van der Waals surface area contributed by atoms with E-state index in [1.807, 2.05) is 41.5 Å². The van der Waals surface area contributed by atoms with Crippen molar-refractivity contribution in [3.05, 3.63) is 11.7 Å². The quantitative estimate of drug-likeness (QED) is 0.382. The predicted octanol–water partition coefficient (Wildman–Crippen LogP) is 4.85. The monoisotopic (exact) mass is 400 g/mol. The summed E-state index contributed by atoms with van der Waals surface area (Å²) in [7, 11) is -2.02. The largest absolute Gasteiger partial charge is 0.517 e. The number of carbonyl (C=O) groups is 1. The summed E-state index contributed by atoms with van der Waals surface area (Å²) in [6.07, 6.45) is 2.50. The maximum atomic E-state index is 12.9. The van der Waals surface area contributed by atoms with E-state index in [4.69, 9.17) is 23.4 Å². The number of carbonyl (C=O) groups excluding carboxylic acids is 1. The van der Waals surface area contributed by atoms with Gasteiger partial charge in [0.15, 0.2) is 0 Å². The van der Waals surface area contributed by atoms with Gasteiger partial charge in [0.25, 0.3) is 0 Å². The maximum absolute atomic E-state index is 12.9. The van der Waals surface area contributed by atoms with Gasteiger partial charge >= 0.3 is 11.9 Å². The van der Waals surface area contributed by atoms with Gasteiger partial charge in [-0.25, -0.2) is 4.79 Å². The third kappa shape index (κ3) is 6.42. The lowest BCUT2D eigenvalue weighted by atomic mass is 10.2. The first-order valence-electron chi connectivity index (χ1n) is 9.81. The molecule has 7 heteroatoms. The molecule has 0 aromatic carbocycles. The van der Waals surface area contributed by atoms with E-state index < -0.39 is 37.4 Å². The lowest BCUT2D eigenvalue weighted by Gasteiger charge is -2.29. The van der Waals surface area contributed by atoms with Crippen LogP contribution in [0.3, 0.4) is 0 Å². The van der Waals surface area contributed by atoms with Crippen molar-refractivity contribution in [1.29, 1.82) is 0 Å². The van der Waals surface area contributed by atoms with Gasteiger partial charge in [-0.2, -0.15) is 0 Å². The van der Waals surface area contributed by atoms with Crippen molar-refractivity contribution in [2.45, 2.75) is 110 Å². The van der Waals surface area contributed by atoms with Crippen molar-refractivity contribution in [3.8, 4) is 0 Å². The molecular weight excluding hydrogens is 364 g/mol. The molecule has 1 atom stereocenters. The van der Waals surface area contributed by atoms with Crippen LogP contribution < -0.4 is 0 Å². The SMILES string of the molecule is CC(C)(C)OC(=O)[C@H]1OC2(CCCC2)O/C1=C(/OC(C)(C)C)O[Si](C)(C)C. The van der Waals surface area contributed by atoms with Crippen molar-refractivity contribution in [1.82, 2.24) is 0 Å². The molecule has 1 aliphatic heterocycles. The fourth-order valence-electron chi connectivity index (χ4n) is 3.02. The smallest absolute Gasteiger partial charge is 0.344 e. The summed E-state index contributed by atoms with van der Waals surface area (Å²) in [6, 6.07) is 0. The molecule has 2 fully saturated rings. The Balaban J connectivity index is 2.45. The highest BCUT2D eigenvalue weighted by Crippen LogP contribution is 2.45. The zero-order chi connectivity index (χ0) is 20.7. The summed E-state index contributed by atoms with van der Waals surface area (Å²) in [5.41, 5.74) is -1.13. The molecule has 27 heavy (non-hydrogen) atoms. The second kappa shape index (κ2) is 7.31. The highest BCUT2D eigenvalue weighted by molar-refractivity contribution is 6.70.